The van der Waals surface area contributed by atoms with Gasteiger partial charge in [-0.05, 0) is 25.5 Å². The fraction of sp³-hybridized carbons (Fsp3) is 0.250. The van der Waals surface area contributed by atoms with Gasteiger partial charge in [-0.25, -0.2) is 0 Å². The Morgan fingerprint density at radius 1 is 1.15 bits per heavy atom. The van der Waals surface area contributed by atoms with Crippen LogP contribution >= 0.6 is 23.4 Å². The number of benzene rings is 2. The molecule has 0 fully saturated rings. The highest BCUT2D eigenvalue weighted by Crippen LogP contribution is 2.25. The van der Waals surface area contributed by atoms with Crippen LogP contribution in [0.3, 0.4) is 0 Å². The predicted octanol–water partition coefficient (Wildman–Crippen LogP) is 4.59. The molecule has 5 nitrogen and oxygen atoms in total. The average Bonchev–Trinajstić information content (AvgIpc) is 3.10. The molecule has 0 aliphatic carbocycles. The zero-order valence-corrected chi connectivity index (χ0v) is 16.8. The Morgan fingerprint density at radius 2 is 1.85 bits per heavy atom. The first-order chi connectivity index (χ1) is 13.1. The summed E-state index contributed by atoms with van der Waals surface area (Å²) in [4.78, 5) is 12.4. The first kappa shape index (κ1) is 19.5. The summed E-state index contributed by atoms with van der Waals surface area (Å²) >= 11 is 7.58. The molecule has 0 bridgehead atoms. The highest BCUT2D eigenvalue weighted by Gasteiger charge is 2.16. The Hall–Kier alpha value is -2.31. The second-order valence-electron chi connectivity index (χ2n) is 6.02. The van der Waals surface area contributed by atoms with E-state index in [1.54, 1.807) is 0 Å². The molecule has 0 saturated heterocycles. The number of rotatable bonds is 7. The molecule has 3 aromatic rings. The van der Waals surface area contributed by atoms with Crippen LogP contribution in [0.15, 0.2) is 59.8 Å². The molecule has 1 N–H and O–H groups in total. The summed E-state index contributed by atoms with van der Waals surface area (Å²) in [5.41, 5.74) is 1.91. The van der Waals surface area contributed by atoms with Gasteiger partial charge in [0.25, 0.3) is 0 Å². The van der Waals surface area contributed by atoms with Gasteiger partial charge in [0.2, 0.25) is 5.91 Å². The molecule has 27 heavy (non-hydrogen) atoms. The van der Waals surface area contributed by atoms with Crippen molar-refractivity contribution in [1.29, 1.82) is 0 Å². The van der Waals surface area contributed by atoms with E-state index < -0.39 is 0 Å². The molecule has 1 atom stereocenters. The summed E-state index contributed by atoms with van der Waals surface area (Å²) in [6.45, 7) is 4.70. The van der Waals surface area contributed by atoms with Crippen molar-refractivity contribution in [3.8, 4) is 11.4 Å². The third-order valence-corrected chi connectivity index (χ3v) is 5.46. The minimum absolute atomic E-state index is 0.0701. The van der Waals surface area contributed by atoms with Crippen molar-refractivity contribution in [3.05, 3.63) is 65.2 Å². The van der Waals surface area contributed by atoms with Crippen LogP contribution in [0.1, 0.15) is 25.5 Å². The van der Waals surface area contributed by atoms with Gasteiger partial charge in [-0.1, -0.05) is 71.9 Å². The standard InChI is InChI=1S/C20H21ClN4OS/c1-3-25-19(15-9-5-4-6-10-15)23-24-20(25)27-13-18(26)22-14(2)16-11-7-8-12-17(16)21/h4-12,14H,3,13H2,1-2H3,(H,22,26)/t14-/m0/s1. The number of carbonyl (C=O) groups is 1. The lowest BCUT2D eigenvalue weighted by molar-refractivity contribution is -0.119. The summed E-state index contributed by atoms with van der Waals surface area (Å²) in [5.74, 6) is 1.01. The Balaban J connectivity index is 1.64. The Morgan fingerprint density at radius 3 is 2.56 bits per heavy atom. The van der Waals surface area contributed by atoms with Gasteiger partial charge in [0.1, 0.15) is 0 Å². The smallest absolute Gasteiger partial charge is 0.230 e. The van der Waals surface area contributed by atoms with Crippen LogP contribution in [0.5, 0.6) is 0 Å². The van der Waals surface area contributed by atoms with Crippen molar-refractivity contribution in [2.75, 3.05) is 5.75 Å². The van der Waals surface area contributed by atoms with Gasteiger partial charge in [-0.3, -0.25) is 4.79 Å². The van der Waals surface area contributed by atoms with Crippen LogP contribution in [-0.4, -0.2) is 26.4 Å². The normalized spacial score (nSPS) is 12.0. The quantitative estimate of drug-likeness (QED) is 0.589. The largest absolute Gasteiger partial charge is 0.349 e. The molecule has 1 aromatic heterocycles. The molecule has 2 aromatic carbocycles. The molecule has 140 valence electrons. The van der Waals surface area contributed by atoms with E-state index in [1.807, 2.05) is 73.0 Å². The first-order valence-corrected chi connectivity index (χ1v) is 10.1. The van der Waals surface area contributed by atoms with Gasteiger partial charge in [0, 0.05) is 17.1 Å². The predicted molar refractivity (Wildman–Crippen MR) is 110 cm³/mol. The summed E-state index contributed by atoms with van der Waals surface area (Å²) in [5, 5.41) is 12.9. The molecule has 3 rings (SSSR count). The van der Waals surface area contributed by atoms with E-state index in [9.17, 15) is 4.79 Å². The van der Waals surface area contributed by atoms with Crippen LogP contribution in [0.4, 0.5) is 0 Å². The van der Waals surface area contributed by atoms with Crippen LogP contribution in [0.25, 0.3) is 11.4 Å². The van der Waals surface area contributed by atoms with Crippen molar-refractivity contribution >= 4 is 29.3 Å². The summed E-state index contributed by atoms with van der Waals surface area (Å²) in [6.07, 6.45) is 0. The van der Waals surface area contributed by atoms with E-state index in [1.165, 1.54) is 11.8 Å². The molecule has 0 spiro atoms. The number of nitrogens with one attached hydrogen (secondary N) is 1. The lowest BCUT2D eigenvalue weighted by Crippen LogP contribution is -2.28. The summed E-state index contributed by atoms with van der Waals surface area (Å²) in [6, 6.07) is 17.3. The number of aromatic nitrogens is 3. The number of carbonyl (C=O) groups excluding carboxylic acids is 1. The SMILES string of the molecule is CCn1c(SCC(=O)N[C@@H](C)c2ccccc2Cl)nnc1-c1ccccc1. The van der Waals surface area contributed by atoms with Gasteiger partial charge in [-0.15, -0.1) is 10.2 Å². The zero-order valence-electron chi connectivity index (χ0n) is 15.2. The van der Waals surface area contributed by atoms with Gasteiger partial charge < -0.3 is 9.88 Å². The molecule has 0 radical (unpaired) electrons. The average molecular weight is 401 g/mol. The molecule has 7 heteroatoms. The topological polar surface area (TPSA) is 59.8 Å². The van der Waals surface area contributed by atoms with E-state index in [0.29, 0.717) is 5.02 Å². The number of nitrogens with zero attached hydrogens (tertiary/aromatic N) is 3. The van der Waals surface area contributed by atoms with Crippen molar-refractivity contribution in [3.63, 3.8) is 0 Å². The van der Waals surface area contributed by atoms with Gasteiger partial charge in [0.05, 0.1) is 11.8 Å². The summed E-state index contributed by atoms with van der Waals surface area (Å²) in [7, 11) is 0. The van der Waals surface area contributed by atoms with Gasteiger partial charge in [-0.2, -0.15) is 0 Å². The summed E-state index contributed by atoms with van der Waals surface area (Å²) < 4.78 is 2.02. The minimum atomic E-state index is -0.157. The van der Waals surface area contributed by atoms with Crippen LogP contribution < -0.4 is 5.32 Å². The van der Waals surface area contributed by atoms with Crippen LogP contribution in [-0.2, 0) is 11.3 Å². The van der Waals surface area contributed by atoms with Crippen molar-refractivity contribution in [2.24, 2.45) is 0 Å². The lowest BCUT2D eigenvalue weighted by atomic mass is 10.1. The number of hydrogen-bond acceptors (Lipinski definition) is 4. The maximum absolute atomic E-state index is 12.4. The second kappa shape index (κ2) is 9.06. The minimum Gasteiger partial charge on any atom is -0.349 e. The number of amides is 1. The van der Waals surface area contributed by atoms with Crippen molar-refractivity contribution < 1.29 is 4.79 Å². The van der Waals surface area contributed by atoms with E-state index >= 15 is 0 Å². The van der Waals surface area contributed by atoms with E-state index in [2.05, 4.69) is 15.5 Å². The molecule has 0 saturated carbocycles. The van der Waals surface area contributed by atoms with Crippen molar-refractivity contribution in [2.45, 2.75) is 31.6 Å². The van der Waals surface area contributed by atoms with Crippen molar-refractivity contribution in [1.82, 2.24) is 20.1 Å². The van der Waals surface area contributed by atoms with Gasteiger partial charge in [0.15, 0.2) is 11.0 Å². The Bertz CT molecular complexity index is 913. The Labute approximate surface area is 168 Å². The van der Waals surface area contributed by atoms with Crippen LogP contribution in [0.2, 0.25) is 5.02 Å². The lowest BCUT2D eigenvalue weighted by Gasteiger charge is -2.15. The molecule has 0 unspecified atom stereocenters. The molecular weight excluding hydrogens is 380 g/mol. The highest BCUT2D eigenvalue weighted by molar-refractivity contribution is 7.99. The molecule has 0 aliphatic rings. The number of hydrogen-bond donors (Lipinski definition) is 1. The molecule has 0 aliphatic heterocycles. The monoisotopic (exact) mass is 400 g/mol. The van der Waals surface area contributed by atoms with Gasteiger partial charge >= 0.3 is 0 Å². The second-order valence-corrected chi connectivity index (χ2v) is 7.37. The van der Waals surface area contributed by atoms with Crippen LogP contribution in [0, 0.1) is 0 Å². The van der Waals surface area contributed by atoms with E-state index in [4.69, 9.17) is 11.6 Å². The third-order valence-electron chi connectivity index (χ3n) is 4.15. The van der Waals surface area contributed by atoms with E-state index in [0.717, 1.165) is 28.7 Å². The maximum Gasteiger partial charge on any atom is 0.230 e. The molecular formula is C20H21ClN4OS. The number of thioether (sulfide) groups is 1. The molecule has 1 amide bonds. The van der Waals surface area contributed by atoms with E-state index in [-0.39, 0.29) is 17.7 Å². The fourth-order valence-electron chi connectivity index (χ4n) is 2.80. The zero-order chi connectivity index (χ0) is 19.2. The Kier molecular flexibility index (Phi) is 6.53. The maximum atomic E-state index is 12.4. The highest BCUT2D eigenvalue weighted by atomic mass is 35.5. The first-order valence-electron chi connectivity index (χ1n) is 8.75. The fourth-order valence-corrected chi connectivity index (χ4v) is 3.91. The third kappa shape index (κ3) is 4.70. The number of halogens is 1. The molecule has 1 heterocycles.